The fraction of sp³-hybridized carbons (Fsp3) is 0.556. The van der Waals surface area contributed by atoms with Crippen LogP contribution >= 0.6 is 0 Å². The highest BCUT2D eigenvalue weighted by Crippen LogP contribution is 1.97. The summed E-state index contributed by atoms with van der Waals surface area (Å²) in [7, 11) is 0. The van der Waals surface area contributed by atoms with Crippen LogP contribution in [0.5, 0.6) is 0 Å². The summed E-state index contributed by atoms with van der Waals surface area (Å²) in [4.78, 5) is 41.7. The van der Waals surface area contributed by atoms with Gasteiger partial charge in [-0.2, -0.15) is 0 Å². The number of nitrogens with one attached hydrogen (secondary N) is 1. The van der Waals surface area contributed by atoms with Gasteiger partial charge in [-0.3, -0.25) is 4.79 Å². The first-order valence-electron chi connectivity index (χ1n) is 4.73. The third-order valence-electron chi connectivity index (χ3n) is 1.81. The van der Waals surface area contributed by atoms with Crippen molar-refractivity contribution in [3.8, 4) is 0 Å². The minimum Gasteiger partial charge on any atom is -0.550 e. The zero-order chi connectivity index (χ0) is 13.4. The van der Waals surface area contributed by atoms with Gasteiger partial charge in [0.25, 0.3) is 0 Å². The molecule has 0 radical (unpaired) electrons. The first-order chi connectivity index (χ1) is 7.82. The van der Waals surface area contributed by atoms with Gasteiger partial charge in [0.2, 0.25) is 5.91 Å². The molecule has 0 rings (SSSR count). The van der Waals surface area contributed by atoms with Gasteiger partial charge in [-0.05, 0) is 19.3 Å². The van der Waals surface area contributed by atoms with E-state index in [1.807, 2.05) is 5.32 Å². The number of hydrogen-bond donors (Lipinski definition) is 1. The standard InChI is InChI=1S/C9H13NO7/c11-6(2-4-8(14)15)10-5(9(16)17)1-3-7(12)13/h5H,1-4H2,(H,10,11)(H,12,13)(H,14,15)(H,16,17)/p-3/t5-/m0/s1. The van der Waals surface area contributed by atoms with E-state index < -0.39 is 49.1 Å². The van der Waals surface area contributed by atoms with Crippen LogP contribution in [0.1, 0.15) is 25.7 Å². The lowest BCUT2D eigenvalue weighted by Crippen LogP contribution is -2.48. The van der Waals surface area contributed by atoms with Crippen LogP contribution in [0.25, 0.3) is 0 Å². The number of carboxylic acid groups (broad SMARTS) is 3. The highest BCUT2D eigenvalue weighted by Gasteiger charge is 2.13. The van der Waals surface area contributed by atoms with E-state index in [1.54, 1.807) is 0 Å². The molecule has 0 unspecified atom stereocenters. The zero-order valence-electron chi connectivity index (χ0n) is 8.76. The SMILES string of the molecule is O=C([O-])CCC(=O)N[C@@H](CCC(=O)[O-])C(=O)[O-]. The van der Waals surface area contributed by atoms with Crippen LogP contribution in [0.2, 0.25) is 0 Å². The Bertz CT molecular complexity index is 325. The van der Waals surface area contributed by atoms with Crippen molar-refractivity contribution in [2.45, 2.75) is 31.7 Å². The van der Waals surface area contributed by atoms with Gasteiger partial charge in [0.15, 0.2) is 0 Å². The van der Waals surface area contributed by atoms with E-state index in [4.69, 9.17) is 0 Å². The number of rotatable bonds is 8. The largest absolute Gasteiger partial charge is 0.550 e. The molecule has 0 heterocycles. The van der Waals surface area contributed by atoms with Crippen molar-refractivity contribution >= 4 is 23.8 Å². The minimum atomic E-state index is -1.65. The topological polar surface area (TPSA) is 149 Å². The lowest BCUT2D eigenvalue weighted by molar-refractivity contribution is -0.310. The fourth-order valence-electron chi connectivity index (χ4n) is 0.993. The average molecular weight is 244 g/mol. The van der Waals surface area contributed by atoms with Gasteiger partial charge in [-0.25, -0.2) is 0 Å². The molecule has 0 saturated heterocycles. The molecule has 0 aliphatic heterocycles. The van der Waals surface area contributed by atoms with E-state index in [1.165, 1.54) is 0 Å². The Morgan fingerprint density at radius 3 is 1.82 bits per heavy atom. The Morgan fingerprint density at radius 2 is 1.41 bits per heavy atom. The molecule has 0 aliphatic carbocycles. The summed E-state index contributed by atoms with van der Waals surface area (Å²) in [5.41, 5.74) is 0. The number of carboxylic acids is 3. The molecule has 0 fully saturated rings. The van der Waals surface area contributed by atoms with Crippen molar-refractivity contribution in [2.24, 2.45) is 0 Å². The van der Waals surface area contributed by atoms with Gasteiger partial charge in [-0.1, -0.05) is 0 Å². The summed E-state index contributed by atoms with van der Waals surface area (Å²) in [5, 5.41) is 32.6. The van der Waals surface area contributed by atoms with Crippen molar-refractivity contribution in [1.82, 2.24) is 5.32 Å². The molecule has 0 aliphatic rings. The van der Waals surface area contributed by atoms with Crippen LogP contribution in [-0.4, -0.2) is 29.9 Å². The Balaban J connectivity index is 4.15. The number of amides is 1. The molecule has 0 aromatic heterocycles. The smallest absolute Gasteiger partial charge is 0.220 e. The number of carbonyl (C=O) groups is 4. The number of carbonyl (C=O) groups excluding carboxylic acids is 4. The predicted octanol–water partition coefficient (Wildman–Crippen LogP) is -4.72. The molecule has 1 amide bonds. The normalized spacial score (nSPS) is 11.5. The first-order valence-corrected chi connectivity index (χ1v) is 4.73. The van der Waals surface area contributed by atoms with Crippen molar-refractivity contribution in [3.05, 3.63) is 0 Å². The highest BCUT2D eigenvalue weighted by molar-refractivity contribution is 5.84. The zero-order valence-corrected chi connectivity index (χ0v) is 8.76. The Kier molecular flexibility index (Phi) is 6.30. The third-order valence-corrected chi connectivity index (χ3v) is 1.81. The molecule has 0 bridgehead atoms. The van der Waals surface area contributed by atoms with Gasteiger partial charge >= 0.3 is 0 Å². The van der Waals surface area contributed by atoms with E-state index in [2.05, 4.69) is 0 Å². The monoisotopic (exact) mass is 244 g/mol. The molecular formula is C9H10NO7-3. The molecule has 1 atom stereocenters. The summed E-state index contributed by atoms with van der Waals surface area (Å²) in [6.07, 6.45) is -1.94. The lowest BCUT2D eigenvalue weighted by Gasteiger charge is -2.19. The highest BCUT2D eigenvalue weighted by atomic mass is 16.4. The third kappa shape index (κ3) is 7.77. The summed E-state index contributed by atoms with van der Waals surface area (Å²) in [6.45, 7) is 0. The molecule has 0 aromatic rings. The maximum atomic E-state index is 11.1. The van der Waals surface area contributed by atoms with Gasteiger partial charge in [0.05, 0.1) is 12.0 Å². The van der Waals surface area contributed by atoms with Crippen LogP contribution in [0.15, 0.2) is 0 Å². The molecule has 96 valence electrons. The molecule has 0 spiro atoms. The summed E-state index contributed by atoms with van der Waals surface area (Å²) >= 11 is 0. The van der Waals surface area contributed by atoms with Gasteiger partial charge < -0.3 is 35.0 Å². The Hall–Kier alpha value is -2.12. The Morgan fingerprint density at radius 1 is 0.882 bits per heavy atom. The second kappa shape index (κ2) is 7.20. The summed E-state index contributed by atoms with van der Waals surface area (Å²) < 4.78 is 0. The summed E-state index contributed by atoms with van der Waals surface area (Å²) in [6, 6.07) is -1.48. The molecule has 0 saturated carbocycles. The predicted molar refractivity (Wildman–Crippen MR) is 45.4 cm³/mol. The van der Waals surface area contributed by atoms with E-state index >= 15 is 0 Å². The van der Waals surface area contributed by atoms with Crippen molar-refractivity contribution in [1.29, 1.82) is 0 Å². The maximum Gasteiger partial charge on any atom is 0.220 e. The maximum absolute atomic E-state index is 11.1. The lowest BCUT2D eigenvalue weighted by atomic mass is 10.1. The Labute approximate surface area is 96.2 Å². The molecule has 8 nitrogen and oxygen atoms in total. The molecule has 1 N–H and O–H groups in total. The van der Waals surface area contributed by atoms with Gasteiger partial charge in [0.1, 0.15) is 0 Å². The van der Waals surface area contributed by atoms with E-state index in [0.717, 1.165) is 0 Å². The number of aliphatic carboxylic acids is 3. The van der Waals surface area contributed by atoms with E-state index in [-0.39, 0.29) is 6.42 Å². The average Bonchev–Trinajstić information content (AvgIpc) is 2.20. The van der Waals surface area contributed by atoms with Crippen molar-refractivity contribution in [3.63, 3.8) is 0 Å². The molecule has 8 heteroatoms. The number of hydrogen-bond acceptors (Lipinski definition) is 7. The second-order valence-corrected chi connectivity index (χ2v) is 3.22. The van der Waals surface area contributed by atoms with Crippen LogP contribution in [0, 0.1) is 0 Å². The minimum absolute atomic E-state index is 0.387. The molecule has 0 aromatic carbocycles. The second-order valence-electron chi connectivity index (χ2n) is 3.22. The van der Waals surface area contributed by atoms with Crippen LogP contribution in [0.4, 0.5) is 0 Å². The van der Waals surface area contributed by atoms with E-state index in [0.29, 0.717) is 0 Å². The van der Waals surface area contributed by atoms with Gasteiger partial charge in [0, 0.05) is 18.4 Å². The first kappa shape index (κ1) is 14.9. The quantitative estimate of drug-likeness (QED) is 0.450. The van der Waals surface area contributed by atoms with Gasteiger partial charge in [-0.15, -0.1) is 0 Å². The molecule has 17 heavy (non-hydrogen) atoms. The van der Waals surface area contributed by atoms with Crippen LogP contribution in [0.3, 0.4) is 0 Å². The van der Waals surface area contributed by atoms with Crippen LogP contribution in [-0.2, 0) is 19.2 Å². The van der Waals surface area contributed by atoms with Crippen molar-refractivity contribution < 1.29 is 34.5 Å². The van der Waals surface area contributed by atoms with Crippen molar-refractivity contribution in [2.75, 3.05) is 0 Å². The van der Waals surface area contributed by atoms with Crippen LogP contribution < -0.4 is 20.6 Å². The molecular weight excluding hydrogens is 234 g/mol. The van der Waals surface area contributed by atoms with E-state index in [9.17, 15) is 34.5 Å². The fourth-order valence-corrected chi connectivity index (χ4v) is 0.993. The summed E-state index contributed by atoms with van der Waals surface area (Å²) in [5.74, 6) is -5.38.